The Morgan fingerprint density at radius 3 is 2.40 bits per heavy atom. The summed E-state index contributed by atoms with van der Waals surface area (Å²) in [5, 5.41) is 2.95. The maximum atomic E-state index is 12.1. The van der Waals surface area contributed by atoms with E-state index in [2.05, 4.69) is 20.2 Å². The normalized spacial score (nSPS) is 17.0. The Balaban J connectivity index is 1.44. The minimum absolute atomic E-state index is 0.0416. The van der Waals surface area contributed by atoms with Crippen LogP contribution in [-0.4, -0.2) is 49.3 Å². The van der Waals surface area contributed by atoms with E-state index in [1.54, 1.807) is 32.7 Å². The van der Waals surface area contributed by atoms with Crippen LogP contribution in [0.1, 0.15) is 31.2 Å². The van der Waals surface area contributed by atoms with E-state index in [0.717, 1.165) is 44.3 Å². The average molecular weight is 412 g/mol. The van der Waals surface area contributed by atoms with Gasteiger partial charge in [-0.2, -0.15) is 0 Å². The van der Waals surface area contributed by atoms with Crippen LogP contribution in [0.4, 0.5) is 11.6 Å². The van der Waals surface area contributed by atoms with Crippen molar-refractivity contribution in [3.8, 4) is 17.2 Å². The second kappa shape index (κ2) is 8.87. The van der Waals surface area contributed by atoms with Crippen molar-refractivity contribution < 1.29 is 19.0 Å². The highest BCUT2D eigenvalue weighted by atomic mass is 16.5. The largest absolute Gasteiger partial charge is 0.494 e. The molecule has 2 fully saturated rings. The van der Waals surface area contributed by atoms with Crippen molar-refractivity contribution in [2.45, 2.75) is 38.7 Å². The van der Waals surface area contributed by atoms with Gasteiger partial charge in [0.1, 0.15) is 11.5 Å². The predicted octanol–water partition coefficient (Wildman–Crippen LogP) is 3.55. The molecule has 1 aliphatic heterocycles. The summed E-state index contributed by atoms with van der Waals surface area (Å²) in [6, 6.07) is 3.63. The zero-order valence-electron chi connectivity index (χ0n) is 17.7. The molecule has 160 valence electrons. The molecule has 1 N–H and O–H groups in total. The summed E-state index contributed by atoms with van der Waals surface area (Å²) in [4.78, 5) is 23.2. The Hall–Kier alpha value is -2.87. The molecule has 1 aromatic carbocycles. The zero-order valence-corrected chi connectivity index (χ0v) is 17.7. The molecule has 8 heteroatoms. The molecule has 1 aromatic heterocycles. The summed E-state index contributed by atoms with van der Waals surface area (Å²) in [6.45, 7) is 3.65. The van der Waals surface area contributed by atoms with E-state index < -0.39 is 0 Å². The number of amides is 1. The number of piperidine rings is 1. The van der Waals surface area contributed by atoms with Crippen LogP contribution in [0, 0.1) is 12.8 Å². The molecular weight excluding hydrogens is 384 g/mol. The predicted molar refractivity (Wildman–Crippen MR) is 113 cm³/mol. The Kier molecular flexibility index (Phi) is 6.03. The van der Waals surface area contributed by atoms with E-state index in [4.69, 9.17) is 14.2 Å². The van der Waals surface area contributed by atoms with Gasteiger partial charge in [-0.3, -0.25) is 4.79 Å². The van der Waals surface area contributed by atoms with Crippen LogP contribution in [0.15, 0.2) is 24.5 Å². The fourth-order valence-electron chi connectivity index (χ4n) is 3.67. The van der Waals surface area contributed by atoms with Gasteiger partial charge >= 0.3 is 0 Å². The number of hydrogen-bond donors (Lipinski definition) is 1. The van der Waals surface area contributed by atoms with Crippen molar-refractivity contribution in [2.24, 2.45) is 5.92 Å². The van der Waals surface area contributed by atoms with Gasteiger partial charge in [-0.1, -0.05) is 0 Å². The number of hydrogen-bond acceptors (Lipinski definition) is 7. The monoisotopic (exact) mass is 412 g/mol. The number of nitrogens with zero attached hydrogens (tertiary/aromatic N) is 3. The van der Waals surface area contributed by atoms with Gasteiger partial charge in [0, 0.05) is 31.7 Å². The van der Waals surface area contributed by atoms with Crippen molar-refractivity contribution in [3.05, 3.63) is 30.1 Å². The molecule has 2 aromatic rings. The van der Waals surface area contributed by atoms with Gasteiger partial charge < -0.3 is 24.4 Å². The van der Waals surface area contributed by atoms with Gasteiger partial charge in [-0.15, -0.1) is 0 Å². The molecule has 0 atom stereocenters. The summed E-state index contributed by atoms with van der Waals surface area (Å²) < 4.78 is 16.9. The average Bonchev–Trinajstić information content (AvgIpc) is 3.62. The number of nitrogens with one attached hydrogen (secondary N) is 1. The van der Waals surface area contributed by atoms with Gasteiger partial charge in [0.05, 0.1) is 31.3 Å². The molecule has 30 heavy (non-hydrogen) atoms. The van der Waals surface area contributed by atoms with Crippen molar-refractivity contribution in [1.29, 1.82) is 0 Å². The fraction of sp³-hybridized carbons (Fsp3) is 0.500. The number of methoxy groups -OCH3 is 2. The van der Waals surface area contributed by atoms with Crippen LogP contribution >= 0.6 is 0 Å². The van der Waals surface area contributed by atoms with E-state index in [1.807, 2.05) is 13.0 Å². The third kappa shape index (κ3) is 4.48. The topological polar surface area (TPSA) is 85.8 Å². The number of ether oxygens (including phenoxy) is 3. The standard InChI is InChI=1S/C22H28N4O4/c1-14-19(7-6-18(20(14)29-3)25-21(27)15-4-5-15)30-17-12-23-22(24-13-17)26-10-8-16(28-2)9-11-26/h6-7,12-13,15-16H,4-5,8-11H2,1-3H3,(H,25,27). The van der Waals surface area contributed by atoms with E-state index in [9.17, 15) is 4.79 Å². The first-order valence-corrected chi connectivity index (χ1v) is 10.3. The van der Waals surface area contributed by atoms with Crippen molar-refractivity contribution in [2.75, 3.05) is 37.5 Å². The lowest BCUT2D eigenvalue weighted by Gasteiger charge is -2.31. The zero-order chi connectivity index (χ0) is 21.1. The summed E-state index contributed by atoms with van der Waals surface area (Å²) in [7, 11) is 3.34. The number of aromatic nitrogens is 2. The second-order valence-corrected chi connectivity index (χ2v) is 7.78. The maximum absolute atomic E-state index is 12.1. The second-order valence-electron chi connectivity index (χ2n) is 7.78. The van der Waals surface area contributed by atoms with Gasteiger partial charge in [-0.25, -0.2) is 9.97 Å². The molecule has 0 radical (unpaired) electrons. The molecule has 8 nitrogen and oxygen atoms in total. The van der Waals surface area contributed by atoms with Gasteiger partial charge in [0.15, 0.2) is 5.75 Å². The minimum atomic E-state index is 0.0416. The molecule has 2 aliphatic rings. The maximum Gasteiger partial charge on any atom is 0.227 e. The summed E-state index contributed by atoms with van der Waals surface area (Å²) >= 11 is 0. The summed E-state index contributed by atoms with van der Waals surface area (Å²) in [5.41, 5.74) is 1.46. The van der Waals surface area contributed by atoms with Gasteiger partial charge in [0.2, 0.25) is 11.9 Å². The fourth-order valence-corrected chi connectivity index (χ4v) is 3.67. The van der Waals surface area contributed by atoms with Crippen molar-refractivity contribution in [3.63, 3.8) is 0 Å². The molecule has 4 rings (SSSR count). The van der Waals surface area contributed by atoms with Crippen LogP contribution < -0.4 is 19.7 Å². The lowest BCUT2D eigenvalue weighted by Crippen LogP contribution is -2.37. The Morgan fingerprint density at radius 2 is 1.80 bits per heavy atom. The molecule has 0 spiro atoms. The van der Waals surface area contributed by atoms with E-state index in [-0.39, 0.29) is 11.8 Å². The number of benzene rings is 1. The first-order valence-electron chi connectivity index (χ1n) is 10.3. The Labute approximate surface area is 176 Å². The molecule has 1 aliphatic carbocycles. The quantitative estimate of drug-likeness (QED) is 0.744. The molecule has 0 unspecified atom stereocenters. The molecule has 1 amide bonds. The minimum Gasteiger partial charge on any atom is -0.494 e. The summed E-state index contributed by atoms with van der Waals surface area (Å²) in [6.07, 6.45) is 7.53. The number of anilines is 2. The number of carbonyl (C=O) groups excluding carboxylic acids is 1. The van der Waals surface area contributed by atoms with Crippen molar-refractivity contribution in [1.82, 2.24) is 9.97 Å². The molecule has 2 heterocycles. The highest BCUT2D eigenvalue weighted by Gasteiger charge is 2.30. The van der Waals surface area contributed by atoms with Crippen LogP contribution in [0.3, 0.4) is 0 Å². The number of carbonyl (C=O) groups is 1. The van der Waals surface area contributed by atoms with E-state index in [0.29, 0.717) is 35.0 Å². The highest BCUT2D eigenvalue weighted by molar-refractivity contribution is 5.95. The van der Waals surface area contributed by atoms with Gasteiger partial charge in [-0.05, 0) is 44.7 Å². The van der Waals surface area contributed by atoms with E-state index in [1.165, 1.54) is 0 Å². The Bertz CT molecular complexity index is 891. The third-order valence-electron chi connectivity index (χ3n) is 5.67. The first kappa shape index (κ1) is 20.4. The molecule has 0 bridgehead atoms. The van der Waals surface area contributed by atoms with E-state index >= 15 is 0 Å². The highest BCUT2D eigenvalue weighted by Crippen LogP contribution is 2.38. The SMILES string of the molecule is COc1c(NC(=O)C2CC2)ccc(Oc2cnc(N3CCC(OC)CC3)nc2)c1C. The van der Waals surface area contributed by atoms with Crippen LogP contribution in [0.25, 0.3) is 0 Å². The lowest BCUT2D eigenvalue weighted by atomic mass is 10.1. The number of rotatable bonds is 7. The molecule has 1 saturated heterocycles. The first-order chi connectivity index (χ1) is 14.6. The smallest absolute Gasteiger partial charge is 0.227 e. The lowest BCUT2D eigenvalue weighted by molar-refractivity contribution is -0.117. The Morgan fingerprint density at radius 1 is 1.10 bits per heavy atom. The molecular formula is C22H28N4O4. The van der Waals surface area contributed by atoms with Crippen LogP contribution in [0.2, 0.25) is 0 Å². The summed E-state index contributed by atoms with van der Waals surface area (Å²) in [5.74, 6) is 2.64. The van der Waals surface area contributed by atoms with Gasteiger partial charge in [0.25, 0.3) is 0 Å². The molecule has 1 saturated carbocycles. The van der Waals surface area contributed by atoms with Crippen LogP contribution in [-0.2, 0) is 9.53 Å². The third-order valence-corrected chi connectivity index (χ3v) is 5.67. The van der Waals surface area contributed by atoms with Crippen LogP contribution in [0.5, 0.6) is 17.2 Å². The van der Waals surface area contributed by atoms with Crippen molar-refractivity contribution >= 4 is 17.5 Å².